The lowest BCUT2D eigenvalue weighted by atomic mass is 9.90. The molecule has 3 saturated heterocycles. The Bertz CT molecular complexity index is 2270. The van der Waals surface area contributed by atoms with Crippen molar-refractivity contribution < 1.29 is 23.9 Å². The maximum absolute atomic E-state index is 14.0. The maximum atomic E-state index is 14.0. The number of pyridine rings is 1. The molecule has 278 valence electrons. The van der Waals surface area contributed by atoms with E-state index in [-0.39, 0.29) is 35.6 Å². The van der Waals surface area contributed by atoms with Crippen molar-refractivity contribution >= 4 is 52.1 Å². The lowest BCUT2D eigenvalue weighted by Gasteiger charge is -2.42. The van der Waals surface area contributed by atoms with Gasteiger partial charge in [-0.2, -0.15) is 5.10 Å². The van der Waals surface area contributed by atoms with Crippen LogP contribution < -0.4 is 15.0 Å². The molecule has 0 radical (unpaired) electrons. The highest BCUT2D eigenvalue weighted by Gasteiger charge is 2.40. The summed E-state index contributed by atoms with van der Waals surface area (Å²) in [6, 6.07) is 14.1. The number of nitrogens with one attached hydrogen (secondary N) is 2. The first-order valence-corrected chi connectivity index (χ1v) is 18.5. The smallest absolute Gasteiger partial charge is 0.254 e. The number of H-pyrrole nitrogens is 1. The van der Waals surface area contributed by atoms with Crippen LogP contribution in [0.15, 0.2) is 60.9 Å². The molecule has 5 aromatic rings. The third-order valence-electron chi connectivity index (χ3n) is 10.6. The van der Waals surface area contributed by atoms with Crippen LogP contribution in [0.4, 0.5) is 5.69 Å². The number of rotatable bonds is 7. The van der Waals surface area contributed by atoms with E-state index in [4.69, 9.17) is 16.3 Å². The van der Waals surface area contributed by atoms with Crippen molar-refractivity contribution in [1.82, 2.24) is 39.8 Å². The fourth-order valence-electron chi connectivity index (χ4n) is 7.83. The molecule has 0 unspecified atom stereocenters. The van der Waals surface area contributed by atoms with Gasteiger partial charge in [0.2, 0.25) is 17.7 Å². The molecule has 3 fully saturated rings. The third kappa shape index (κ3) is 6.66. The van der Waals surface area contributed by atoms with E-state index in [1.807, 2.05) is 56.3 Å². The molecular weight excluding hydrogens is 710 g/mol. The number of piperidine rings is 1. The molecule has 0 spiro atoms. The molecular formula is C39H40ClN9O5. The second-order valence-corrected chi connectivity index (χ2v) is 14.6. The van der Waals surface area contributed by atoms with Crippen LogP contribution in [0.25, 0.3) is 22.6 Å². The van der Waals surface area contributed by atoms with E-state index in [0.29, 0.717) is 84.5 Å². The lowest BCUT2D eigenvalue weighted by molar-refractivity contribution is -0.138. The molecule has 14 nitrogen and oxygen atoms in total. The van der Waals surface area contributed by atoms with Crippen molar-refractivity contribution in [1.29, 1.82) is 0 Å². The number of halogens is 1. The average Bonchev–Trinajstić information content (AvgIpc) is 3.91. The first kappa shape index (κ1) is 35.3. The van der Waals surface area contributed by atoms with Crippen molar-refractivity contribution in [2.45, 2.75) is 57.5 Å². The Hall–Kier alpha value is -5.76. The highest BCUT2D eigenvalue weighted by Crippen LogP contribution is 2.37. The number of aromatic amines is 1. The van der Waals surface area contributed by atoms with Gasteiger partial charge in [-0.05, 0) is 75.1 Å². The van der Waals surface area contributed by atoms with E-state index in [1.54, 1.807) is 33.8 Å². The number of aryl methyl sites for hydroxylation is 2. The number of carbonyl (C=O) groups is 4. The third-order valence-corrected chi connectivity index (χ3v) is 10.9. The molecule has 3 aliphatic rings. The molecule has 3 aliphatic heterocycles. The fourth-order valence-corrected chi connectivity index (χ4v) is 8.01. The molecule has 0 saturated carbocycles. The van der Waals surface area contributed by atoms with E-state index in [1.165, 1.54) is 6.20 Å². The summed E-state index contributed by atoms with van der Waals surface area (Å²) in [5, 5.41) is 7.13. The number of piperazine rings is 1. The number of benzene rings is 2. The Morgan fingerprint density at radius 2 is 1.76 bits per heavy atom. The number of likely N-dealkylation sites (tertiary alicyclic amines) is 1. The Labute approximate surface area is 316 Å². The highest BCUT2D eigenvalue weighted by atomic mass is 35.5. The van der Waals surface area contributed by atoms with Gasteiger partial charge in [0.05, 0.1) is 23.4 Å². The van der Waals surface area contributed by atoms with Crippen molar-refractivity contribution in [2.75, 3.05) is 31.1 Å². The van der Waals surface area contributed by atoms with Gasteiger partial charge in [-0.25, -0.2) is 9.97 Å². The van der Waals surface area contributed by atoms with Gasteiger partial charge < -0.3 is 24.4 Å². The zero-order chi connectivity index (χ0) is 37.7. The minimum Gasteiger partial charge on any atom is -0.453 e. The van der Waals surface area contributed by atoms with E-state index in [0.717, 1.165) is 28.9 Å². The number of hydrogen-bond donors (Lipinski definition) is 2. The fraction of sp³-hybridized carbons (Fsp3) is 0.359. The average molecular weight is 750 g/mol. The monoisotopic (exact) mass is 749 g/mol. The van der Waals surface area contributed by atoms with Gasteiger partial charge in [-0.3, -0.25) is 29.2 Å². The molecule has 0 bridgehead atoms. The van der Waals surface area contributed by atoms with Gasteiger partial charge in [0.15, 0.2) is 11.4 Å². The van der Waals surface area contributed by atoms with Crippen molar-refractivity contribution in [3.63, 3.8) is 0 Å². The van der Waals surface area contributed by atoms with Gasteiger partial charge in [0.25, 0.3) is 5.91 Å². The number of hydrogen-bond acceptors (Lipinski definition) is 9. The van der Waals surface area contributed by atoms with Crippen LogP contribution in [0.5, 0.6) is 11.5 Å². The number of ether oxygens (including phenoxy) is 1. The summed E-state index contributed by atoms with van der Waals surface area (Å²) in [6.45, 7) is 6.26. The molecule has 6 heterocycles. The zero-order valence-corrected chi connectivity index (χ0v) is 31.0. The van der Waals surface area contributed by atoms with Crippen LogP contribution in [0.3, 0.4) is 0 Å². The topological polar surface area (TPSA) is 159 Å². The summed E-state index contributed by atoms with van der Waals surface area (Å²) in [7, 11) is 1.85. The molecule has 8 rings (SSSR count). The van der Waals surface area contributed by atoms with Crippen LogP contribution in [-0.4, -0.2) is 96.4 Å². The molecule has 3 aromatic heterocycles. The van der Waals surface area contributed by atoms with E-state index < -0.39 is 6.04 Å². The number of imidazole rings is 1. The molecule has 2 N–H and O–H groups in total. The predicted molar refractivity (Wildman–Crippen MR) is 201 cm³/mol. The summed E-state index contributed by atoms with van der Waals surface area (Å²) < 4.78 is 7.94. The molecule has 15 heteroatoms. The van der Waals surface area contributed by atoms with Gasteiger partial charge in [-0.1, -0.05) is 23.7 Å². The van der Waals surface area contributed by atoms with Crippen LogP contribution in [-0.2, 0) is 21.4 Å². The Morgan fingerprint density at radius 3 is 2.46 bits per heavy atom. The number of carbonyl (C=O) groups excluding carboxylic acids is 4. The number of fused-ring (bicyclic) bond motifs is 1. The lowest BCUT2D eigenvalue weighted by Crippen LogP contribution is -2.58. The minimum absolute atomic E-state index is 0.0297. The van der Waals surface area contributed by atoms with E-state index in [9.17, 15) is 19.2 Å². The number of anilines is 1. The van der Waals surface area contributed by atoms with E-state index in [2.05, 4.69) is 30.3 Å². The Morgan fingerprint density at radius 1 is 0.981 bits per heavy atom. The molecule has 2 aromatic carbocycles. The maximum Gasteiger partial charge on any atom is 0.254 e. The van der Waals surface area contributed by atoms with Crippen LogP contribution in [0.1, 0.15) is 60.1 Å². The van der Waals surface area contributed by atoms with E-state index >= 15 is 0 Å². The van der Waals surface area contributed by atoms with Crippen LogP contribution in [0.2, 0.25) is 5.02 Å². The summed E-state index contributed by atoms with van der Waals surface area (Å²) >= 11 is 6.54. The normalized spacial score (nSPS) is 20.4. The van der Waals surface area contributed by atoms with Crippen LogP contribution >= 0.6 is 11.6 Å². The first-order chi connectivity index (χ1) is 26.0. The molecule has 3 atom stereocenters. The van der Waals surface area contributed by atoms with Gasteiger partial charge in [0.1, 0.15) is 28.2 Å². The van der Waals surface area contributed by atoms with Crippen LogP contribution in [0, 0.1) is 6.92 Å². The summed E-state index contributed by atoms with van der Waals surface area (Å²) in [5.41, 5.74) is 5.00. The zero-order valence-electron chi connectivity index (χ0n) is 30.2. The quantitative estimate of drug-likeness (QED) is 0.219. The van der Waals surface area contributed by atoms with Gasteiger partial charge >= 0.3 is 0 Å². The number of amides is 4. The largest absolute Gasteiger partial charge is 0.453 e. The van der Waals surface area contributed by atoms with Crippen molar-refractivity contribution in [3.8, 4) is 22.9 Å². The van der Waals surface area contributed by atoms with Crippen molar-refractivity contribution in [2.24, 2.45) is 7.05 Å². The number of imide groups is 1. The number of aromatic nitrogens is 5. The predicted octanol–water partition coefficient (Wildman–Crippen LogP) is 4.97. The molecule has 54 heavy (non-hydrogen) atoms. The Kier molecular flexibility index (Phi) is 9.30. The van der Waals surface area contributed by atoms with Gasteiger partial charge in [-0.15, -0.1) is 0 Å². The number of nitrogens with zero attached hydrogens (tertiary/aromatic N) is 7. The van der Waals surface area contributed by atoms with Gasteiger partial charge in [0, 0.05) is 63.1 Å². The minimum atomic E-state index is -0.530. The molecule has 0 aliphatic carbocycles. The second-order valence-electron chi connectivity index (χ2n) is 14.2. The highest BCUT2D eigenvalue weighted by molar-refractivity contribution is 6.32. The second kappa shape index (κ2) is 14.2. The summed E-state index contributed by atoms with van der Waals surface area (Å²) in [4.78, 5) is 69.8. The summed E-state index contributed by atoms with van der Waals surface area (Å²) in [5.74, 6) is 0.401. The molecule has 4 amide bonds. The van der Waals surface area contributed by atoms with Crippen molar-refractivity contribution in [3.05, 3.63) is 82.8 Å². The Balaban J connectivity index is 0.908. The first-order valence-electron chi connectivity index (χ1n) is 18.2. The summed E-state index contributed by atoms with van der Waals surface area (Å²) in [6.07, 6.45) is 5.57. The standard InChI is InChI=1S/C39H40ClN9O5/c1-22-20-47(26-10-6-24(7-11-26)28-14-15-32(50)42-37(28)51)17-18-48(22)39(53)31-5-4-16-49(31)38(52)25-8-12-27(13-9-25)54-34-30(40)19-41-36-33(34)43-35(44-36)29-21-46(3)45-23(29)2/h6-13,19,21-22,28,31H,4-5,14-18,20H2,1-3H3,(H,41,43,44)(H,42,50,51)/t22-,28+,31+/m1/s1. The SMILES string of the molecule is Cc1nn(C)cc1-c1nc2ncc(Cl)c(Oc3ccc(C(=O)N4CCC[C@H]4C(=O)N4CCN(c5ccc([C@@H]6CCC(=O)NC6=O)cc5)C[C@H]4C)cc3)c2[nH]1.